The molecule has 1 aromatic heterocycles. The number of urea groups is 1. The predicted molar refractivity (Wildman–Crippen MR) is 185 cm³/mol. The van der Waals surface area contributed by atoms with Crippen molar-refractivity contribution in [1.29, 1.82) is 0 Å². The molecule has 0 radical (unpaired) electrons. The standard InChI is InChI=1S/C34H44ClN7O4S/c1-3-24-18-23(19-28(35)31(24)36)20-30(32(43)40-9-5-26(6-10-40)39-16-14-38(2)15-17-39)46-34(45)41-11-7-27(8-12-41)42-13-4-25-21-47-22-29(25)37-33(42)44/h1,18-19,21-22,26-27,30H,4-17,20,36H2,2H3,(H,37,44)/t30-/m1/s1. The van der Waals surface area contributed by atoms with Gasteiger partial charge in [0.1, 0.15) is 0 Å². The van der Waals surface area contributed by atoms with Gasteiger partial charge in [-0.25, -0.2) is 9.59 Å². The first kappa shape index (κ1) is 33.4. The third-order valence-corrected chi connectivity index (χ3v) is 11.3. The average molecular weight is 682 g/mol. The summed E-state index contributed by atoms with van der Waals surface area (Å²) in [6, 6.07) is 3.78. The number of hydrogen-bond acceptors (Lipinski definition) is 8. The molecule has 1 atom stereocenters. The lowest BCUT2D eigenvalue weighted by Crippen LogP contribution is -2.54. The quantitative estimate of drug-likeness (QED) is 0.352. The Hall–Kier alpha value is -3.50. The second-order valence-electron chi connectivity index (χ2n) is 13.1. The molecule has 3 N–H and O–H groups in total. The lowest BCUT2D eigenvalue weighted by Gasteiger charge is -2.42. The fraction of sp³-hybridized carbons (Fsp3) is 0.559. The minimum atomic E-state index is -1.04. The number of nitrogens with zero attached hydrogens (tertiary/aromatic N) is 5. The summed E-state index contributed by atoms with van der Waals surface area (Å²) in [6.45, 7) is 6.91. The van der Waals surface area contributed by atoms with Crippen LogP contribution in [0.4, 0.5) is 21.0 Å². The number of benzene rings is 1. The van der Waals surface area contributed by atoms with Crippen molar-refractivity contribution in [1.82, 2.24) is 24.5 Å². The molecule has 4 amide bonds. The Morgan fingerprint density at radius 3 is 2.40 bits per heavy atom. The van der Waals surface area contributed by atoms with Gasteiger partial charge in [0.15, 0.2) is 6.10 Å². The summed E-state index contributed by atoms with van der Waals surface area (Å²) >= 11 is 7.97. The Morgan fingerprint density at radius 2 is 1.70 bits per heavy atom. The number of ether oxygens (including phenoxy) is 1. The normalized spacial score (nSPS) is 21.0. The van der Waals surface area contributed by atoms with Crippen molar-refractivity contribution in [2.24, 2.45) is 0 Å². The number of piperazine rings is 1. The molecule has 252 valence electrons. The van der Waals surface area contributed by atoms with Crippen molar-refractivity contribution in [3.8, 4) is 12.3 Å². The molecule has 2 aromatic rings. The van der Waals surface area contributed by atoms with Gasteiger partial charge in [-0.15, -0.1) is 17.8 Å². The number of piperidine rings is 2. The Bertz CT molecular complexity index is 1500. The van der Waals surface area contributed by atoms with Gasteiger partial charge in [-0.1, -0.05) is 17.5 Å². The lowest BCUT2D eigenvalue weighted by molar-refractivity contribution is -0.142. The molecule has 1 aromatic carbocycles. The predicted octanol–water partition coefficient (Wildman–Crippen LogP) is 3.81. The number of nitrogens with one attached hydrogen (secondary N) is 1. The summed E-state index contributed by atoms with van der Waals surface area (Å²) in [7, 11) is 2.15. The van der Waals surface area contributed by atoms with Gasteiger partial charge in [0, 0.05) is 88.4 Å². The summed E-state index contributed by atoms with van der Waals surface area (Å²) in [6.07, 6.45) is 8.05. The van der Waals surface area contributed by atoms with E-state index in [1.807, 2.05) is 15.2 Å². The van der Waals surface area contributed by atoms with Crippen molar-refractivity contribution >= 4 is 52.3 Å². The molecule has 0 bridgehead atoms. The van der Waals surface area contributed by atoms with Crippen molar-refractivity contribution in [3.63, 3.8) is 0 Å². The average Bonchev–Trinajstić information content (AvgIpc) is 3.46. The molecular weight excluding hydrogens is 638 g/mol. The van der Waals surface area contributed by atoms with Gasteiger partial charge >= 0.3 is 12.1 Å². The largest absolute Gasteiger partial charge is 0.436 e. The number of anilines is 2. The summed E-state index contributed by atoms with van der Waals surface area (Å²) in [5.41, 5.74) is 9.52. The summed E-state index contributed by atoms with van der Waals surface area (Å²) in [5.74, 6) is 2.34. The van der Waals surface area contributed by atoms with E-state index in [0.717, 1.165) is 56.7 Å². The van der Waals surface area contributed by atoms with Crippen LogP contribution in [0.3, 0.4) is 0 Å². The van der Waals surface area contributed by atoms with E-state index in [2.05, 4.69) is 33.5 Å². The minimum absolute atomic E-state index is 0.0184. The molecule has 4 aliphatic heterocycles. The maximum absolute atomic E-state index is 14.0. The molecule has 3 saturated heterocycles. The van der Waals surface area contributed by atoms with Crippen molar-refractivity contribution in [2.45, 2.75) is 56.7 Å². The number of rotatable bonds is 6. The van der Waals surface area contributed by atoms with Gasteiger partial charge in [0.2, 0.25) is 0 Å². The van der Waals surface area contributed by atoms with Crippen LogP contribution in [0.25, 0.3) is 0 Å². The molecule has 3 fully saturated rings. The number of carbonyl (C=O) groups is 3. The van der Waals surface area contributed by atoms with Gasteiger partial charge in [-0.3, -0.25) is 9.69 Å². The molecule has 11 nitrogen and oxygen atoms in total. The molecule has 47 heavy (non-hydrogen) atoms. The van der Waals surface area contributed by atoms with Crippen LogP contribution in [-0.4, -0.2) is 127 Å². The first-order valence-corrected chi connectivity index (χ1v) is 17.9. The zero-order valence-corrected chi connectivity index (χ0v) is 28.5. The smallest absolute Gasteiger partial charge is 0.410 e. The number of likely N-dealkylation sites (tertiary alicyclic amines) is 2. The summed E-state index contributed by atoms with van der Waals surface area (Å²) in [4.78, 5) is 50.8. The van der Waals surface area contributed by atoms with E-state index < -0.39 is 12.2 Å². The molecule has 4 aliphatic rings. The third kappa shape index (κ3) is 7.64. The highest BCUT2D eigenvalue weighted by atomic mass is 35.5. The number of amides is 4. The molecule has 0 spiro atoms. The van der Waals surface area contributed by atoms with Crippen LogP contribution in [0.1, 0.15) is 42.4 Å². The third-order valence-electron chi connectivity index (χ3n) is 10.1. The van der Waals surface area contributed by atoms with E-state index >= 15 is 0 Å². The number of terminal acetylenes is 1. The number of nitrogen functional groups attached to an aromatic ring is 1. The number of nitrogens with two attached hydrogens (primary N) is 1. The van der Waals surface area contributed by atoms with Crippen molar-refractivity contribution in [3.05, 3.63) is 44.6 Å². The van der Waals surface area contributed by atoms with E-state index in [-0.39, 0.29) is 24.4 Å². The van der Waals surface area contributed by atoms with Crippen LogP contribution in [0.2, 0.25) is 5.02 Å². The van der Waals surface area contributed by atoms with Crippen LogP contribution in [-0.2, 0) is 22.4 Å². The SMILES string of the molecule is C#Cc1cc(C[C@@H](OC(=O)N2CCC(N3CCc4cscc4NC3=O)CC2)C(=O)N2CCC(N3CCN(C)CC3)CC2)cc(Cl)c1N. The van der Waals surface area contributed by atoms with Gasteiger partial charge in [0.05, 0.1) is 16.4 Å². The highest BCUT2D eigenvalue weighted by Crippen LogP contribution is 2.29. The molecule has 0 saturated carbocycles. The van der Waals surface area contributed by atoms with Crippen LogP contribution in [0.5, 0.6) is 0 Å². The number of fused-ring (bicyclic) bond motifs is 1. The fourth-order valence-electron chi connectivity index (χ4n) is 7.21. The summed E-state index contributed by atoms with van der Waals surface area (Å²) in [5, 5.41) is 7.38. The van der Waals surface area contributed by atoms with Gasteiger partial charge in [-0.05, 0) is 67.8 Å². The number of hydrogen-bond donors (Lipinski definition) is 2. The zero-order chi connectivity index (χ0) is 33.1. The van der Waals surface area contributed by atoms with E-state index in [1.54, 1.807) is 28.4 Å². The van der Waals surface area contributed by atoms with Crippen molar-refractivity contribution < 1.29 is 19.1 Å². The first-order chi connectivity index (χ1) is 22.7. The van der Waals surface area contributed by atoms with Gasteiger partial charge in [0.25, 0.3) is 5.91 Å². The van der Waals surface area contributed by atoms with E-state index in [1.165, 1.54) is 0 Å². The van der Waals surface area contributed by atoms with Gasteiger partial charge < -0.3 is 35.4 Å². The maximum Gasteiger partial charge on any atom is 0.410 e. The van der Waals surface area contributed by atoms with Crippen LogP contribution < -0.4 is 11.1 Å². The Labute approximate surface area is 285 Å². The molecule has 6 rings (SSSR count). The highest BCUT2D eigenvalue weighted by Gasteiger charge is 2.36. The highest BCUT2D eigenvalue weighted by molar-refractivity contribution is 7.08. The van der Waals surface area contributed by atoms with Crippen molar-refractivity contribution in [2.75, 3.05) is 77.0 Å². The second kappa shape index (κ2) is 14.7. The molecule has 0 aliphatic carbocycles. The second-order valence-corrected chi connectivity index (χ2v) is 14.2. The molecular formula is C34H44ClN7O4S. The number of likely N-dealkylation sites (N-methyl/N-ethyl adjacent to an activating group) is 1. The fourth-order valence-corrected chi connectivity index (χ4v) is 8.27. The molecule has 13 heteroatoms. The Balaban J connectivity index is 1.09. The topological polar surface area (TPSA) is 115 Å². The van der Waals surface area contributed by atoms with Gasteiger partial charge in [-0.2, -0.15) is 0 Å². The van der Waals surface area contributed by atoms with Crippen LogP contribution >= 0.6 is 22.9 Å². The Kier molecular flexibility index (Phi) is 10.5. The molecule has 5 heterocycles. The summed E-state index contributed by atoms with van der Waals surface area (Å²) < 4.78 is 6.02. The minimum Gasteiger partial charge on any atom is -0.436 e. The number of halogens is 1. The number of carbonyl (C=O) groups excluding carboxylic acids is 3. The van der Waals surface area contributed by atoms with E-state index in [4.69, 9.17) is 28.5 Å². The van der Waals surface area contributed by atoms with Crippen LogP contribution in [0.15, 0.2) is 22.9 Å². The molecule has 0 unspecified atom stereocenters. The maximum atomic E-state index is 14.0. The van der Waals surface area contributed by atoms with E-state index in [9.17, 15) is 14.4 Å². The Morgan fingerprint density at radius 1 is 1.02 bits per heavy atom. The first-order valence-electron chi connectivity index (χ1n) is 16.5. The van der Waals surface area contributed by atoms with E-state index in [0.29, 0.717) is 73.4 Å². The van der Waals surface area contributed by atoms with Crippen LogP contribution in [0, 0.1) is 12.3 Å². The lowest BCUT2D eigenvalue weighted by atomic mass is 9.99. The number of thiophene rings is 1. The zero-order valence-electron chi connectivity index (χ0n) is 27.0. The monoisotopic (exact) mass is 681 g/mol.